The molecule has 5 heteroatoms. The fraction of sp³-hybridized carbons (Fsp3) is 0.267. The van der Waals surface area contributed by atoms with E-state index in [-0.39, 0.29) is 5.82 Å². The van der Waals surface area contributed by atoms with E-state index < -0.39 is 0 Å². The van der Waals surface area contributed by atoms with Gasteiger partial charge < -0.3 is 14.8 Å². The van der Waals surface area contributed by atoms with Crippen molar-refractivity contribution in [2.75, 3.05) is 20.3 Å². The number of nitrogens with zero attached hydrogens (tertiary/aromatic N) is 1. The topological polar surface area (TPSA) is 43.4 Å². The van der Waals surface area contributed by atoms with Crippen molar-refractivity contribution in [3.05, 3.63) is 54.0 Å². The highest BCUT2D eigenvalue weighted by atomic mass is 19.1. The minimum atomic E-state index is -0.335. The summed E-state index contributed by atoms with van der Waals surface area (Å²) < 4.78 is 23.7. The molecule has 106 valence electrons. The van der Waals surface area contributed by atoms with Crippen LogP contribution in [0.4, 0.5) is 4.39 Å². The van der Waals surface area contributed by atoms with Gasteiger partial charge in [0.05, 0.1) is 6.61 Å². The second-order valence-electron chi connectivity index (χ2n) is 4.20. The molecule has 0 bridgehead atoms. The van der Waals surface area contributed by atoms with Crippen LogP contribution in [-0.4, -0.2) is 25.2 Å². The highest BCUT2D eigenvalue weighted by Gasteiger charge is 2.06. The average Bonchev–Trinajstić information content (AvgIpc) is 2.45. The second kappa shape index (κ2) is 7.57. The van der Waals surface area contributed by atoms with Crippen LogP contribution in [0.2, 0.25) is 0 Å². The van der Waals surface area contributed by atoms with Crippen LogP contribution in [0, 0.1) is 5.82 Å². The summed E-state index contributed by atoms with van der Waals surface area (Å²) in [4.78, 5) is 4.19. The molecule has 0 aliphatic rings. The number of hydrogen-bond acceptors (Lipinski definition) is 4. The smallest absolute Gasteiger partial charge is 0.223 e. The van der Waals surface area contributed by atoms with E-state index >= 15 is 0 Å². The number of methoxy groups -OCH3 is 1. The molecule has 0 atom stereocenters. The lowest BCUT2D eigenvalue weighted by atomic mass is 10.2. The summed E-state index contributed by atoms with van der Waals surface area (Å²) in [6, 6.07) is 9.76. The normalized spacial score (nSPS) is 10.5. The van der Waals surface area contributed by atoms with E-state index in [1.165, 1.54) is 12.1 Å². The quantitative estimate of drug-likeness (QED) is 0.790. The molecule has 1 aromatic heterocycles. The summed E-state index contributed by atoms with van der Waals surface area (Å²) in [7, 11) is 1.66. The number of rotatable bonds is 7. The number of benzene rings is 1. The molecule has 0 saturated carbocycles. The van der Waals surface area contributed by atoms with Gasteiger partial charge in [0, 0.05) is 38.0 Å². The number of pyridine rings is 1. The van der Waals surface area contributed by atoms with Gasteiger partial charge in [0.1, 0.15) is 11.6 Å². The molecule has 0 spiro atoms. The van der Waals surface area contributed by atoms with Gasteiger partial charge in [-0.1, -0.05) is 12.1 Å². The molecule has 0 aliphatic heterocycles. The van der Waals surface area contributed by atoms with Crippen molar-refractivity contribution in [1.82, 2.24) is 10.3 Å². The van der Waals surface area contributed by atoms with Crippen molar-refractivity contribution in [3.63, 3.8) is 0 Å². The maximum absolute atomic E-state index is 13.1. The zero-order valence-corrected chi connectivity index (χ0v) is 11.3. The molecule has 0 fully saturated rings. The molecule has 0 aliphatic carbocycles. The van der Waals surface area contributed by atoms with Gasteiger partial charge in [0.15, 0.2) is 0 Å². The van der Waals surface area contributed by atoms with Gasteiger partial charge in [-0.05, 0) is 18.2 Å². The lowest BCUT2D eigenvalue weighted by Crippen LogP contribution is -2.19. The first-order valence-electron chi connectivity index (χ1n) is 6.36. The fourth-order valence-corrected chi connectivity index (χ4v) is 1.69. The Morgan fingerprint density at radius 3 is 2.95 bits per heavy atom. The minimum absolute atomic E-state index is 0.335. The largest absolute Gasteiger partial charge is 0.439 e. The van der Waals surface area contributed by atoms with Gasteiger partial charge >= 0.3 is 0 Å². The molecule has 2 rings (SSSR count). The third-order valence-electron chi connectivity index (χ3n) is 2.66. The van der Waals surface area contributed by atoms with Gasteiger partial charge in [-0.2, -0.15) is 0 Å². The zero-order valence-electron chi connectivity index (χ0n) is 11.3. The molecular formula is C15H17FN2O2. The predicted molar refractivity (Wildman–Crippen MR) is 74.3 cm³/mol. The van der Waals surface area contributed by atoms with Crippen molar-refractivity contribution in [3.8, 4) is 11.6 Å². The molecule has 20 heavy (non-hydrogen) atoms. The SMILES string of the molecule is COCCNCc1cccnc1Oc1cccc(F)c1. The second-order valence-corrected chi connectivity index (χ2v) is 4.20. The Morgan fingerprint density at radius 2 is 2.15 bits per heavy atom. The highest BCUT2D eigenvalue weighted by Crippen LogP contribution is 2.23. The third-order valence-corrected chi connectivity index (χ3v) is 2.66. The molecule has 0 radical (unpaired) electrons. The Morgan fingerprint density at radius 1 is 1.25 bits per heavy atom. The van der Waals surface area contributed by atoms with Crippen LogP contribution in [0.3, 0.4) is 0 Å². The Kier molecular flexibility index (Phi) is 5.46. The van der Waals surface area contributed by atoms with E-state index in [2.05, 4.69) is 10.3 Å². The van der Waals surface area contributed by atoms with E-state index in [9.17, 15) is 4.39 Å². The lowest BCUT2D eigenvalue weighted by molar-refractivity contribution is 0.199. The van der Waals surface area contributed by atoms with Crippen LogP contribution in [0.5, 0.6) is 11.6 Å². The zero-order chi connectivity index (χ0) is 14.2. The van der Waals surface area contributed by atoms with Crippen LogP contribution < -0.4 is 10.1 Å². The molecule has 1 aromatic carbocycles. The minimum Gasteiger partial charge on any atom is -0.439 e. The first kappa shape index (κ1) is 14.4. The Hall–Kier alpha value is -1.98. The van der Waals surface area contributed by atoms with Crippen LogP contribution in [0.25, 0.3) is 0 Å². The van der Waals surface area contributed by atoms with Crippen LogP contribution in [0.15, 0.2) is 42.6 Å². The third kappa shape index (κ3) is 4.29. The summed E-state index contributed by atoms with van der Waals surface area (Å²) in [5.41, 5.74) is 0.910. The van der Waals surface area contributed by atoms with Crippen molar-refractivity contribution < 1.29 is 13.9 Å². The molecule has 0 unspecified atom stereocenters. The predicted octanol–water partition coefficient (Wildman–Crippen LogP) is 2.75. The van der Waals surface area contributed by atoms with Crippen LogP contribution in [0.1, 0.15) is 5.56 Å². The van der Waals surface area contributed by atoms with E-state index in [0.717, 1.165) is 12.1 Å². The molecule has 0 saturated heterocycles. The maximum atomic E-state index is 13.1. The van der Waals surface area contributed by atoms with Gasteiger partial charge in [0.25, 0.3) is 0 Å². The van der Waals surface area contributed by atoms with Crippen LogP contribution >= 0.6 is 0 Å². The molecular weight excluding hydrogens is 259 g/mol. The van der Waals surface area contributed by atoms with E-state index in [0.29, 0.717) is 24.8 Å². The van der Waals surface area contributed by atoms with E-state index in [4.69, 9.17) is 9.47 Å². The molecule has 0 amide bonds. The van der Waals surface area contributed by atoms with Gasteiger partial charge in [-0.3, -0.25) is 0 Å². The van der Waals surface area contributed by atoms with Crippen molar-refractivity contribution in [1.29, 1.82) is 0 Å². The molecule has 1 N–H and O–H groups in total. The summed E-state index contributed by atoms with van der Waals surface area (Å²) >= 11 is 0. The summed E-state index contributed by atoms with van der Waals surface area (Å²) in [5.74, 6) is 0.572. The Balaban J connectivity index is 2.03. The van der Waals surface area contributed by atoms with Gasteiger partial charge in [0.2, 0.25) is 5.88 Å². The van der Waals surface area contributed by atoms with Crippen LogP contribution in [-0.2, 0) is 11.3 Å². The maximum Gasteiger partial charge on any atom is 0.223 e. The van der Waals surface area contributed by atoms with Gasteiger partial charge in [-0.25, -0.2) is 9.37 Å². The van der Waals surface area contributed by atoms with E-state index in [1.807, 2.05) is 12.1 Å². The number of aromatic nitrogens is 1. The Labute approximate surface area is 117 Å². The monoisotopic (exact) mass is 276 g/mol. The summed E-state index contributed by atoms with van der Waals surface area (Å²) in [5, 5.41) is 3.22. The highest BCUT2D eigenvalue weighted by molar-refractivity contribution is 5.32. The van der Waals surface area contributed by atoms with E-state index in [1.54, 1.807) is 25.4 Å². The Bertz CT molecular complexity index is 549. The summed E-state index contributed by atoms with van der Waals surface area (Å²) in [6.07, 6.45) is 1.65. The molecule has 4 nitrogen and oxygen atoms in total. The van der Waals surface area contributed by atoms with Crippen molar-refractivity contribution in [2.24, 2.45) is 0 Å². The van der Waals surface area contributed by atoms with Crippen molar-refractivity contribution >= 4 is 0 Å². The lowest BCUT2D eigenvalue weighted by Gasteiger charge is -2.10. The first-order valence-corrected chi connectivity index (χ1v) is 6.36. The number of ether oxygens (including phenoxy) is 2. The van der Waals surface area contributed by atoms with Gasteiger partial charge in [-0.15, -0.1) is 0 Å². The summed E-state index contributed by atoms with van der Waals surface area (Å²) in [6.45, 7) is 1.99. The number of nitrogens with one attached hydrogen (secondary N) is 1. The number of hydrogen-bond donors (Lipinski definition) is 1. The average molecular weight is 276 g/mol. The molecule has 1 heterocycles. The molecule has 2 aromatic rings. The first-order chi connectivity index (χ1) is 9.79. The fourth-order valence-electron chi connectivity index (χ4n) is 1.69. The number of halogens is 1. The van der Waals surface area contributed by atoms with Crippen molar-refractivity contribution in [2.45, 2.75) is 6.54 Å². The standard InChI is InChI=1S/C15H17FN2O2/c1-19-9-8-17-11-12-4-3-7-18-15(12)20-14-6-2-5-13(16)10-14/h2-7,10,17H,8-9,11H2,1H3.